The van der Waals surface area contributed by atoms with Gasteiger partial charge in [-0.3, -0.25) is 0 Å². The molecule has 1 aliphatic heterocycles. The fourth-order valence-corrected chi connectivity index (χ4v) is 8.46. The Labute approximate surface area is 175 Å². The zero-order chi connectivity index (χ0) is 19.6. The van der Waals surface area contributed by atoms with E-state index >= 15 is 0 Å². The Morgan fingerprint density at radius 3 is 1.82 bits per heavy atom. The Hall–Kier alpha value is -1.34. The first-order chi connectivity index (χ1) is 13.8. The maximum Gasteiger partial charge on any atom is 0.0367 e. The first kappa shape index (κ1) is 21.4. The van der Waals surface area contributed by atoms with E-state index in [0.717, 1.165) is 5.92 Å². The van der Waals surface area contributed by atoms with E-state index in [1.165, 1.54) is 80.0 Å². The summed E-state index contributed by atoms with van der Waals surface area (Å²) in [4.78, 5) is 0. The molecule has 28 heavy (non-hydrogen) atoms. The molecule has 152 valence electrons. The van der Waals surface area contributed by atoms with Crippen molar-refractivity contribution < 1.29 is 0 Å². The van der Waals surface area contributed by atoms with E-state index in [1.54, 1.807) is 18.1 Å². The van der Waals surface area contributed by atoms with E-state index in [0.29, 0.717) is 0 Å². The van der Waals surface area contributed by atoms with Crippen LogP contribution in [-0.2, 0) is 12.8 Å². The van der Waals surface area contributed by atoms with Gasteiger partial charge in [-0.05, 0) is 53.9 Å². The lowest BCUT2D eigenvalue weighted by atomic mass is 9.93. The standard InChI is InChI=1S/C27H40Si/c1-3-5-6-7-23-10-14-26(15-11-23)27-16-12-24(13-17-27)8-9-25-18-21-28(20-4-2)22-19-25/h10-17,25,28H,3-9,18-22H2,1-2H3. The Balaban J connectivity index is 1.46. The van der Waals surface area contributed by atoms with Crippen LogP contribution in [0.2, 0.25) is 18.1 Å². The van der Waals surface area contributed by atoms with Crippen LogP contribution in [0.3, 0.4) is 0 Å². The van der Waals surface area contributed by atoms with Crippen LogP contribution in [0, 0.1) is 5.92 Å². The van der Waals surface area contributed by atoms with Crippen LogP contribution in [0.25, 0.3) is 11.1 Å². The second kappa shape index (κ2) is 11.6. The molecule has 0 saturated carbocycles. The van der Waals surface area contributed by atoms with E-state index < -0.39 is 0 Å². The van der Waals surface area contributed by atoms with Crippen LogP contribution < -0.4 is 0 Å². The van der Waals surface area contributed by atoms with Gasteiger partial charge in [0.1, 0.15) is 0 Å². The van der Waals surface area contributed by atoms with Crippen LogP contribution in [0.4, 0.5) is 0 Å². The Kier molecular flexibility index (Phi) is 8.86. The third-order valence-electron chi connectivity index (χ3n) is 6.81. The largest absolute Gasteiger partial charge is 0.0657 e. The molecule has 1 saturated heterocycles. The van der Waals surface area contributed by atoms with Crippen molar-refractivity contribution in [2.45, 2.75) is 89.8 Å². The van der Waals surface area contributed by atoms with E-state index in [2.05, 4.69) is 62.4 Å². The van der Waals surface area contributed by atoms with Crippen molar-refractivity contribution >= 4 is 8.80 Å². The highest BCUT2D eigenvalue weighted by atomic mass is 28.3. The number of rotatable bonds is 10. The molecule has 0 nitrogen and oxygen atoms in total. The number of hydrogen-bond acceptors (Lipinski definition) is 0. The van der Waals surface area contributed by atoms with E-state index in [4.69, 9.17) is 0 Å². The average Bonchev–Trinajstić information content (AvgIpc) is 2.75. The highest BCUT2D eigenvalue weighted by molar-refractivity contribution is 6.58. The summed E-state index contributed by atoms with van der Waals surface area (Å²) < 4.78 is 0. The Bertz CT molecular complexity index is 662. The molecule has 2 aromatic carbocycles. The topological polar surface area (TPSA) is 0 Å². The highest BCUT2D eigenvalue weighted by Gasteiger charge is 2.21. The molecule has 0 spiro atoms. The van der Waals surface area contributed by atoms with E-state index in [1.807, 2.05) is 0 Å². The summed E-state index contributed by atoms with van der Waals surface area (Å²) in [6.45, 7) is 4.64. The molecule has 1 aliphatic rings. The SMILES string of the molecule is CCCCCc1ccc(-c2ccc(CCC3CC[SiH](CCC)CC3)cc2)cc1. The molecule has 0 atom stereocenters. The molecule has 2 aromatic rings. The zero-order valence-corrected chi connectivity index (χ0v) is 19.4. The van der Waals surface area contributed by atoms with Crippen LogP contribution in [0.15, 0.2) is 48.5 Å². The predicted molar refractivity (Wildman–Crippen MR) is 128 cm³/mol. The Morgan fingerprint density at radius 2 is 1.29 bits per heavy atom. The van der Waals surface area contributed by atoms with Gasteiger partial charge in [0, 0.05) is 8.80 Å². The quantitative estimate of drug-likeness (QED) is 0.283. The van der Waals surface area contributed by atoms with Gasteiger partial charge in [-0.1, -0.05) is 113 Å². The van der Waals surface area contributed by atoms with Gasteiger partial charge in [-0.15, -0.1) is 0 Å². The number of hydrogen-bond donors (Lipinski definition) is 0. The average molecular weight is 393 g/mol. The van der Waals surface area contributed by atoms with Crippen LogP contribution in [0.5, 0.6) is 0 Å². The summed E-state index contributed by atoms with van der Waals surface area (Å²) in [5.41, 5.74) is 5.71. The summed E-state index contributed by atoms with van der Waals surface area (Å²) in [6, 6.07) is 23.4. The minimum Gasteiger partial charge on any atom is -0.0657 e. The molecule has 1 fully saturated rings. The first-order valence-electron chi connectivity index (χ1n) is 12.0. The summed E-state index contributed by atoms with van der Waals surface area (Å²) in [5.74, 6) is 1.00. The molecule has 0 unspecified atom stereocenters. The fraction of sp³-hybridized carbons (Fsp3) is 0.556. The monoisotopic (exact) mass is 392 g/mol. The van der Waals surface area contributed by atoms with Crippen molar-refractivity contribution in [2.75, 3.05) is 0 Å². The fourth-order valence-electron chi connectivity index (χ4n) is 4.89. The molecular formula is C27H40Si. The van der Waals surface area contributed by atoms with Crippen LogP contribution >= 0.6 is 0 Å². The molecule has 3 rings (SSSR count). The molecular weight excluding hydrogens is 352 g/mol. The summed E-state index contributed by atoms with van der Waals surface area (Å²) >= 11 is 0. The van der Waals surface area contributed by atoms with Gasteiger partial charge >= 0.3 is 0 Å². The number of aryl methyl sites for hydroxylation is 2. The van der Waals surface area contributed by atoms with Crippen LogP contribution in [0.1, 0.15) is 69.9 Å². The first-order valence-corrected chi connectivity index (χ1v) is 14.4. The molecule has 0 radical (unpaired) electrons. The lowest BCUT2D eigenvalue weighted by Crippen LogP contribution is -2.21. The Morgan fingerprint density at radius 1 is 0.714 bits per heavy atom. The maximum absolute atomic E-state index is 2.37. The van der Waals surface area contributed by atoms with Gasteiger partial charge in [-0.25, -0.2) is 0 Å². The lowest BCUT2D eigenvalue weighted by Gasteiger charge is -2.27. The number of benzene rings is 2. The van der Waals surface area contributed by atoms with Gasteiger partial charge < -0.3 is 0 Å². The van der Waals surface area contributed by atoms with Crippen molar-refractivity contribution in [2.24, 2.45) is 5.92 Å². The lowest BCUT2D eigenvalue weighted by molar-refractivity contribution is 0.437. The molecule has 0 N–H and O–H groups in total. The van der Waals surface area contributed by atoms with E-state index in [-0.39, 0.29) is 8.80 Å². The second-order valence-corrected chi connectivity index (χ2v) is 12.5. The normalized spacial score (nSPS) is 19.6. The van der Waals surface area contributed by atoms with Gasteiger partial charge in [-0.2, -0.15) is 0 Å². The second-order valence-electron chi connectivity index (χ2n) is 9.07. The maximum atomic E-state index is 2.37. The number of unbranched alkanes of at least 4 members (excludes halogenated alkanes) is 2. The van der Waals surface area contributed by atoms with Crippen molar-refractivity contribution in [3.8, 4) is 11.1 Å². The smallest absolute Gasteiger partial charge is 0.0367 e. The minimum absolute atomic E-state index is 0.318. The van der Waals surface area contributed by atoms with Crippen molar-refractivity contribution in [1.82, 2.24) is 0 Å². The summed E-state index contributed by atoms with van der Waals surface area (Å²) in [5, 5.41) is 0. The minimum atomic E-state index is -0.318. The molecule has 1 heteroatoms. The molecule has 0 aliphatic carbocycles. The summed E-state index contributed by atoms with van der Waals surface area (Å²) in [7, 11) is -0.318. The molecule has 0 aromatic heterocycles. The van der Waals surface area contributed by atoms with Gasteiger partial charge in [0.2, 0.25) is 0 Å². The predicted octanol–water partition coefficient (Wildman–Crippen LogP) is 8.07. The molecule has 0 amide bonds. The van der Waals surface area contributed by atoms with Crippen molar-refractivity contribution in [3.63, 3.8) is 0 Å². The summed E-state index contributed by atoms with van der Waals surface area (Å²) in [6.07, 6.45) is 12.3. The zero-order valence-electron chi connectivity index (χ0n) is 18.3. The third-order valence-corrected chi connectivity index (χ3v) is 10.5. The van der Waals surface area contributed by atoms with Crippen LogP contribution in [-0.4, -0.2) is 8.80 Å². The van der Waals surface area contributed by atoms with Gasteiger partial charge in [0.05, 0.1) is 0 Å². The molecule has 1 heterocycles. The van der Waals surface area contributed by atoms with E-state index in [9.17, 15) is 0 Å². The van der Waals surface area contributed by atoms with Gasteiger partial charge in [0.15, 0.2) is 0 Å². The van der Waals surface area contributed by atoms with Crippen molar-refractivity contribution in [3.05, 3.63) is 59.7 Å². The third kappa shape index (κ3) is 6.62. The van der Waals surface area contributed by atoms with Gasteiger partial charge in [0.25, 0.3) is 0 Å². The molecule has 0 bridgehead atoms. The van der Waals surface area contributed by atoms with Crippen molar-refractivity contribution in [1.29, 1.82) is 0 Å². The highest BCUT2D eigenvalue weighted by Crippen LogP contribution is 2.31.